The summed E-state index contributed by atoms with van der Waals surface area (Å²) in [4.78, 5) is 12.3. The molecule has 0 bridgehead atoms. The van der Waals surface area contributed by atoms with Crippen molar-refractivity contribution in [2.45, 2.75) is 44.7 Å². The lowest BCUT2D eigenvalue weighted by atomic mass is 10.2. The van der Waals surface area contributed by atoms with Gasteiger partial charge in [-0.1, -0.05) is 0 Å². The summed E-state index contributed by atoms with van der Waals surface area (Å²) in [7, 11) is 1.61. The summed E-state index contributed by atoms with van der Waals surface area (Å²) >= 11 is 0. The minimum Gasteiger partial charge on any atom is -0.328 e. The Labute approximate surface area is 116 Å². The first-order valence-electron chi connectivity index (χ1n) is 6.71. The number of amides is 1. The monoisotopic (exact) mass is 286 g/mol. The summed E-state index contributed by atoms with van der Waals surface area (Å²) in [5.41, 5.74) is 6.31. The first-order valence-corrected chi connectivity index (χ1v) is 6.71. The van der Waals surface area contributed by atoms with Gasteiger partial charge in [0, 0.05) is 44.5 Å². The Bertz CT molecular complexity index is 487. The molecule has 0 spiro atoms. The molecule has 1 amide bonds. The van der Waals surface area contributed by atoms with Gasteiger partial charge in [0.05, 0.1) is 5.69 Å². The molecular weight excluding hydrogens is 266 g/mol. The molecule has 1 saturated carbocycles. The molecule has 2 N–H and O–H groups in total. The van der Waals surface area contributed by atoms with Crippen LogP contribution in [0.25, 0.3) is 0 Å². The molecule has 1 aliphatic rings. The lowest BCUT2D eigenvalue weighted by Crippen LogP contribution is -2.22. The Morgan fingerprint density at radius 1 is 1.70 bits per heavy atom. The van der Waals surface area contributed by atoms with Gasteiger partial charge in [0.15, 0.2) is 0 Å². The van der Waals surface area contributed by atoms with Crippen LogP contribution < -0.4 is 10.6 Å². The molecular formula is C13H20F2N4O. The zero-order valence-corrected chi connectivity index (χ0v) is 11.7. The van der Waals surface area contributed by atoms with Crippen LogP contribution in [-0.2, 0) is 17.8 Å². The first kappa shape index (κ1) is 14.9. The molecule has 5 nitrogen and oxygen atoms in total. The highest BCUT2D eigenvalue weighted by Crippen LogP contribution is 2.50. The van der Waals surface area contributed by atoms with Crippen molar-refractivity contribution in [3.63, 3.8) is 0 Å². The number of hydrogen-bond donors (Lipinski definition) is 1. The molecule has 2 rings (SSSR count). The van der Waals surface area contributed by atoms with E-state index in [1.54, 1.807) is 17.8 Å². The van der Waals surface area contributed by atoms with Crippen LogP contribution in [0.1, 0.15) is 25.5 Å². The van der Waals surface area contributed by atoms with Gasteiger partial charge in [0.2, 0.25) is 6.41 Å². The van der Waals surface area contributed by atoms with Crippen molar-refractivity contribution in [3.05, 3.63) is 11.8 Å². The summed E-state index contributed by atoms with van der Waals surface area (Å²) in [5, 5.41) is 4.32. The molecule has 0 radical (unpaired) electrons. The summed E-state index contributed by atoms with van der Waals surface area (Å²) in [6, 6.07) is 1.72. The van der Waals surface area contributed by atoms with E-state index in [2.05, 4.69) is 5.10 Å². The predicted molar refractivity (Wildman–Crippen MR) is 71.7 cm³/mol. The number of hydrogen-bond acceptors (Lipinski definition) is 3. The van der Waals surface area contributed by atoms with Crippen LogP contribution in [0.5, 0.6) is 0 Å². The molecule has 112 valence electrons. The molecule has 0 saturated heterocycles. The van der Waals surface area contributed by atoms with Crippen molar-refractivity contribution in [2.24, 2.45) is 11.7 Å². The molecule has 1 aromatic rings. The molecule has 1 aliphatic carbocycles. The van der Waals surface area contributed by atoms with Gasteiger partial charge in [0.25, 0.3) is 5.92 Å². The van der Waals surface area contributed by atoms with E-state index in [4.69, 9.17) is 5.73 Å². The summed E-state index contributed by atoms with van der Waals surface area (Å²) in [6.45, 7) is 2.45. The van der Waals surface area contributed by atoms with E-state index in [9.17, 15) is 13.6 Å². The Morgan fingerprint density at radius 2 is 2.35 bits per heavy atom. The Balaban J connectivity index is 2.11. The van der Waals surface area contributed by atoms with E-state index in [1.165, 1.54) is 4.90 Å². The standard InChI is InChI=1S/C13H20F2N4O/c1-9(16)3-4-19-12(18(2)8-20)6-11(17-19)5-10-7-13(10,14)15/h6,8-10H,3-5,7,16H2,1-2H3. The topological polar surface area (TPSA) is 64.2 Å². The van der Waals surface area contributed by atoms with E-state index in [0.29, 0.717) is 30.9 Å². The number of halogens is 2. The number of aromatic nitrogens is 2. The summed E-state index contributed by atoms with van der Waals surface area (Å²) in [6.07, 6.45) is 1.56. The molecule has 0 aromatic carbocycles. The third kappa shape index (κ3) is 3.33. The van der Waals surface area contributed by atoms with Crippen LogP contribution in [0.3, 0.4) is 0 Å². The van der Waals surface area contributed by atoms with E-state index in [-0.39, 0.29) is 18.9 Å². The zero-order valence-electron chi connectivity index (χ0n) is 11.7. The zero-order chi connectivity index (χ0) is 14.9. The average Bonchev–Trinajstić information content (AvgIpc) is 2.80. The fraction of sp³-hybridized carbons (Fsp3) is 0.692. The van der Waals surface area contributed by atoms with Crippen LogP contribution >= 0.6 is 0 Å². The van der Waals surface area contributed by atoms with Gasteiger partial charge in [-0.25, -0.2) is 13.5 Å². The van der Waals surface area contributed by atoms with Crippen molar-refractivity contribution in [2.75, 3.05) is 11.9 Å². The van der Waals surface area contributed by atoms with Crippen molar-refractivity contribution < 1.29 is 13.6 Å². The van der Waals surface area contributed by atoms with Gasteiger partial charge in [-0.05, 0) is 13.3 Å². The highest BCUT2D eigenvalue weighted by atomic mass is 19.3. The Morgan fingerprint density at radius 3 is 2.85 bits per heavy atom. The van der Waals surface area contributed by atoms with Gasteiger partial charge < -0.3 is 10.6 Å². The first-order chi connectivity index (χ1) is 9.33. The minimum absolute atomic E-state index is 0.0183. The normalized spacial score (nSPS) is 21.6. The molecule has 1 aromatic heterocycles. The smallest absolute Gasteiger partial charge is 0.252 e. The van der Waals surface area contributed by atoms with Gasteiger partial charge in [-0.3, -0.25) is 4.79 Å². The van der Waals surface area contributed by atoms with Crippen molar-refractivity contribution in [3.8, 4) is 0 Å². The quantitative estimate of drug-likeness (QED) is 0.771. The fourth-order valence-electron chi connectivity index (χ4n) is 2.13. The maximum Gasteiger partial charge on any atom is 0.252 e. The number of nitrogens with two attached hydrogens (primary N) is 1. The van der Waals surface area contributed by atoms with Crippen molar-refractivity contribution in [1.29, 1.82) is 0 Å². The van der Waals surface area contributed by atoms with Gasteiger partial charge in [-0.2, -0.15) is 5.10 Å². The molecule has 1 heterocycles. The van der Waals surface area contributed by atoms with Crippen LogP contribution in [0, 0.1) is 5.92 Å². The average molecular weight is 286 g/mol. The number of rotatable bonds is 7. The summed E-state index contributed by atoms with van der Waals surface area (Å²) in [5.74, 6) is -2.56. The van der Waals surface area contributed by atoms with E-state index >= 15 is 0 Å². The maximum atomic E-state index is 13.0. The maximum absolute atomic E-state index is 13.0. The van der Waals surface area contributed by atoms with Gasteiger partial charge in [0.1, 0.15) is 5.82 Å². The number of carbonyl (C=O) groups is 1. The third-order valence-electron chi connectivity index (χ3n) is 3.54. The lowest BCUT2D eigenvalue weighted by molar-refractivity contribution is -0.107. The SMILES string of the molecule is CC(N)CCn1nc(CC2CC2(F)F)cc1N(C)C=O. The van der Waals surface area contributed by atoms with Crippen molar-refractivity contribution >= 4 is 12.2 Å². The molecule has 20 heavy (non-hydrogen) atoms. The number of anilines is 1. The Kier molecular flexibility index (Phi) is 4.08. The van der Waals surface area contributed by atoms with Crippen LogP contribution in [-0.4, -0.2) is 35.2 Å². The second-order valence-corrected chi connectivity index (χ2v) is 5.57. The van der Waals surface area contributed by atoms with Crippen LogP contribution in [0.2, 0.25) is 0 Å². The third-order valence-corrected chi connectivity index (χ3v) is 3.54. The molecule has 1 fully saturated rings. The second-order valence-electron chi connectivity index (χ2n) is 5.57. The second kappa shape index (κ2) is 5.47. The predicted octanol–water partition coefficient (Wildman–Crippen LogP) is 1.41. The Hall–Kier alpha value is -1.50. The highest BCUT2D eigenvalue weighted by Gasteiger charge is 2.56. The van der Waals surface area contributed by atoms with E-state index < -0.39 is 11.8 Å². The largest absolute Gasteiger partial charge is 0.328 e. The number of nitrogens with zero attached hydrogens (tertiary/aromatic N) is 3. The molecule has 2 unspecified atom stereocenters. The fourth-order valence-corrected chi connectivity index (χ4v) is 2.13. The number of aryl methyl sites for hydroxylation is 1. The van der Waals surface area contributed by atoms with Gasteiger partial charge in [-0.15, -0.1) is 0 Å². The van der Waals surface area contributed by atoms with E-state index in [1.807, 2.05) is 6.92 Å². The van der Waals surface area contributed by atoms with Crippen LogP contribution in [0.4, 0.5) is 14.6 Å². The molecule has 7 heteroatoms. The van der Waals surface area contributed by atoms with E-state index in [0.717, 1.165) is 0 Å². The minimum atomic E-state index is -2.55. The lowest BCUT2D eigenvalue weighted by Gasteiger charge is -2.13. The van der Waals surface area contributed by atoms with Crippen molar-refractivity contribution in [1.82, 2.24) is 9.78 Å². The molecule has 2 atom stereocenters. The highest BCUT2D eigenvalue weighted by molar-refractivity contribution is 5.72. The number of alkyl halides is 2. The van der Waals surface area contributed by atoms with Crippen LogP contribution in [0.15, 0.2) is 6.07 Å². The summed E-state index contributed by atoms with van der Waals surface area (Å²) < 4.78 is 27.6. The number of carbonyl (C=O) groups excluding carboxylic acids is 1. The molecule has 0 aliphatic heterocycles. The van der Waals surface area contributed by atoms with Gasteiger partial charge >= 0.3 is 0 Å².